The average Bonchev–Trinajstić information content (AvgIpc) is 3.17. The highest BCUT2D eigenvalue weighted by atomic mass is 16.3. The van der Waals surface area contributed by atoms with Gasteiger partial charge in [-0.25, -0.2) is 9.67 Å². The van der Waals surface area contributed by atoms with E-state index in [0.29, 0.717) is 11.5 Å². The molecule has 29 heavy (non-hydrogen) atoms. The van der Waals surface area contributed by atoms with Crippen molar-refractivity contribution in [1.29, 1.82) is 0 Å². The molecule has 0 saturated heterocycles. The fraction of sp³-hybridized carbons (Fsp3) is 0.261. The standard InChI is InChI=1S/C23H25N5O/c1-3-6-18(24)21-9-4-8-20(26-21)16-11-12-17-14-25-28(22(17)13-16)23-10-5-7-19(27-23)15(2)29/h4-5,7-15,18,29H,3,6,24H2,1-2H3/t15-,18+/m1/s1. The zero-order valence-electron chi connectivity index (χ0n) is 16.7. The highest BCUT2D eigenvalue weighted by Crippen LogP contribution is 2.26. The lowest BCUT2D eigenvalue weighted by Crippen LogP contribution is -2.11. The fourth-order valence-corrected chi connectivity index (χ4v) is 3.43. The molecule has 148 valence electrons. The summed E-state index contributed by atoms with van der Waals surface area (Å²) in [6.07, 6.45) is 3.12. The van der Waals surface area contributed by atoms with Crippen LogP contribution in [0.25, 0.3) is 28.0 Å². The first kappa shape index (κ1) is 19.2. The Bertz CT molecular complexity index is 1140. The molecule has 1 aromatic carbocycles. The number of rotatable bonds is 6. The monoisotopic (exact) mass is 387 g/mol. The van der Waals surface area contributed by atoms with Gasteiger partial charge in [-0.2, -0.15) is 5.10 Å². The molecule has 0 aliphatic rings. The van der Waals surface area contributed by atoms with Gasteiger partial charge in [-0.1, -0.05) is 37.6 Å². The third-order valence-electron chi connectivity index (χ3n) is 5.02. The van der Waals surface area contributed by atoms with E-state index in [1.54, 1.807) is 17.7 Å². The maximum atomic E-state index is 9.85. The summed E-state index contributed by atoms with van der Waals surface area (Å²) in [4.78, 5) is 9.33. The summed E-state index contributed by atoms with van der Waals surface area (Å²) < 4.78 is 1.79. The van der Waals surface area contributed by atoms with Gasteiger partial charge in [-0.3, -0.25) is 4.98 Å². The van der Waals surface area contributed by atoms with Crippen molar-refractivity contribution in [1.82, 2.24) is 19.7 Å². The van der Waals surface area contributed by atoms with E-state index in [0.717, 1.165) is 40.7 Å². The van der Waals surface area contributed by atoms with Crippen LogP contribution in [0, 0.1) is 0 Å². The van der Waals surface area contributed by atoms with Gasteiger partial charge in [0.25, 0.3) is 0 Å². The minimum Gasteiger partial charge on any atom is -0.387 e. The summed E-state index contributed by atoms with van der Waals surface area (Å²) in [6.45, 7) is 3.83. The highest BCUT2D eigenvalue weighted by Gasteiger charge is 2.12. The van der Waals surface area contributed by atoms with Crippen molar-refractivity contribution in [3.63, 3.8) is 0 Å². The Morgan fingerprint density at radius 1 is 1.03 bits per heavy atom. The quantitative estimate of drug-likeness (QED) is 0.514. The summed E-state index contributed by atoms with van der Waals surface area (Å²) in [7, 11) is 0. The molecule has 0 spiro atoms. The molecular weight excluding hydrogens is 362 g/mol. The molecule has 0 amide bonds. The molecule has 6 heteroatoms. The van der Waals surface area contributed by atoms with E-state index < -0.39 is 6.10 Å². The molecule has 0 saturated carbocycles. The predicted molar refractivity (Wildman–Crippen MR) is 115 cm³/mol. The Kier molecular flexibility index (Phi) is 5.38. The van der Waals surface area contributed by atoms with E-state index in [2.05, 4.69) is 23.1 Å². The number of aromatic nitrogens is 4. The minimum atomic E-state index is -0.633. The van der Waals surface area contributed by atoms with E-state index in [1.165, 1.54) is 0 Å². The van der Waals surface area contributed by atoms with Crippen LogP contribution < -0.4 is 5.73 Å². The minimum absolute atomic E-state index is 0.0541. The summed E-state index contributed by atoms with van der Waals surface area (Å²) in [5.41, 5.74) is 10.6. The first-order chi connectivity index (χ1) is 14.1. The maximum absolute atomic E-state index is 9.85. The average molecular weight is 387 g/mol. The van der Waals surface area contributed by atoms with Crippen LogP contribution in [0.15, 0.2) is 60.8 Å². The summed E-state index contributed by atoms with van der Waals surface area (Å²) in [6, 6.07) is 17.6. The fourth-order valence-electron chi connectivity index (χ4n) is 3.43. The molecule has 4 rings (SSSR count). The van der Waals surface area contributed by atoms with Crippen molar-refractivity contribution in [2.75, 3.05) is 0 Å². The molecule has 3 aromatic heterocycles. The van der Waals surface area contributed by atoms with Crippen molar-refractivity contribution in [2.24, 2.45) is 5.73 Å². The Balaban J connectivity index is 1.77. The second-order valence-electron chi connectivity index (χ2n) is 7.27. The smallest absolute Gasteiger partial charge is 0.154 e. The highest BCUT2D eigenvalue weighted by molar-refractivity contribution is 5.84. The van der Waals surface area contributed by atoms with Crippen LogP contribution in [0.2, 0.25) is 0 Å². The number of nitrogens with two attached hydrogens (primary N) is 1. The number of fused-ring (bicyclic) bond motifs is 1. The van der Waals surface area contributed by atoms with Crippen LogP contribution in [0.4, 0.5) is 0 Å². The first-order valence-electron chi connectivity index (χ1n) is 9.93. The largest absolute Gasteiger partial charge is 0.387 e. The zero-order valence-corrected chi connectivity index (χ0v) is 16.7. The van der Waals surface area contributed by atoms with Crippen molar-refractivity contribution in [3.8, 4) is 17.1 Å². The van der Waals surface area contributed by atoms with Crippen LogP contribution in [0.5, 0.6) is 0 Å². The van der Waals surface area contributed by atoms with Gasteiger partial charge in [0.05, 0.1) is 34.9 Å². The maximum Gasteiger partial charge on any atom is 0.154 e. The third-order valence-corrected chi connectivity index (χ3v) is 5.02. The molecule has 0 aliphatic carbocycles. The molecular formula is C23H25N5O. The Morgan fingerprint density at radius 3 is 2.62 bits per heavy atom. The zero-order chi connectivity index (χ0) is 20.4. The second kappa shape index (κ2) is 8.11. The van der Waals surface area contributed by atoms with Crippen LogP contribution >= 0.6 is 0 Å². The number of hydrogen-bond donors (Lipinski definition) is 2. The molecule has 0 unspecified atom stereocenters. The number of aliphatic hydroxyl groups excluding tert-OH is 1. The summed E-state index contributed by atoms with van der Waals surface area (Å²) >= 11 is 0. The molecule has 0 radical (unpaired) electrons. The lowest BCUT2D eigenvalue weighted by Gasteiger charge is -2.11. The topological polar surface area (TPSA) is 89.8 Å². The number of aliphatic hydroxyl groups is 1. The van der Waals surface area contributed by atoms with Crippen molar-refractivity contribution in [2.45, 2.75) is 38.8 Å². The number of nitrogens with zero attached hydrogens (tertiary/aromatic N) is 4. The van der Waals surface area contributed by atoms with Gasteiger partial charge in [0.15, 0.2) is 5.82 Å². The lowest BCUT2D eigenvalue weighted by atomic mass is 10.1. The molecule has 6 nitrogen and oxygen atoms in total. The molecule has 3 heterocycles. The third kappa shape index (κ3) is 3.90. The molecule has 0 aliphatic heterocycles. The Hall–Kier alpha value is -3.09. The van der Waals surface area contributed by atoms with Crippen molar-refractivity contribution in [3.05, 3.63) is 72.2 Å². The van der Waals surface area contributed by atoms with Crippen LogP contribution in [0.1, 0.15) is 50.2 Å². The number of benzene rings is 1. The van der Waals surface area contributed by atoms with Gasteiger partial charge in [0.1, 0.15) is 0 Å². The molecule has 4 aromatic rings. The summed E-state index contributed by atoms with van der Waals surface area (Å²) in [5, 5.41) is 15.4. The second-order valence-corrected chi connectivity index (χ2v) is 7.27. The van der Waals surface area contributed by atoms with Gasteiger partial charge in [0.2, 0.25) is 0 Å². The predicted octanol–water partition coefficient (Wildman–Crippen LogP) is 4.34. The van der Waals surface area contributed by atoms with E-state index >= 15 is 0 Å². The molecule has 2 atom stereocenters. The lowest BCUT2D eigenvalue weighted by molar-refractivity contribution is 0.194. The van der Waals surface area contributed by atoms with E-state index in [-0.39, 0.29) is 6.04 Å². The van der Waals surface area contributed by atoms with E-state index in [9.17, 15) is 5.11 Å². The van der Waals surface area contributed by atoms with Gasteiger partial charge in [0, 0.05) is 17.0 Å². The van der Waals surface area contributed by atoms with E-state index in [4.69, 9.17) is 10.7 Å². The van der Waals surface area contributed by atoms with Gasteiger partial charge in [-0.15, -0.1) is 0 Å². The summed E-state index contributed by atoms with van der Waals surface area (Å²) in [5.74, 6) is 0.669. The Morgan fingerprint density at radius 2 is 1.83 bits per heavy atom. The van der Waals surface area contributed by atoms with Gasteiger partial charge < -0.3 is 10.8 Å². The normalized spacial score (nSPS) is 13.5. The van der Waals surface area contributed by atoms with Crippen molar-refractivity contribution < 1.29 is 5.11 Å². The van der Waals surface area contributed by atoms with Gasteiger partial charge >= 0.3 is 0 Å². The number of hydrogen-bond acceptors (Lipinski definition) is 5. The molecule has 0 bridgehead atoms. The van der Waals surface area contributed by atoms with Crippen molar-refractivity contribution >= 4 is 10.9 Å². The molecule has 0 fully saturated rings. The SMILES string of the molecule is CCC[C@H](N)c1cccc(-c2ccc3cnn(-c4cccc([C@@H](C)O)n4)c3c2)n1. The first-order valence-corrected chi connectivity index (χ1v) is 9.93. The van der Waals surface area contributed by atoms with E-state index in [1.807, 2.05) is 48.7 Å². The Labute approximate surface area is 170 Å². The molecule has 3 N–H and O–H groups in total. The van der Waals surface area contributed by atoms with Crippen LogP contribution in [-0.4, -0.2) is 24.9 Å². The van der Waals surface area contributed by atoms with Gasteiger partial charge in [-0.05, 0) is 43.7 Å². The van der Waals surface area contributed by atoms with Crippen LogP contribution in [-0.2, 0) is 0 Å². The number of pyridine rings is 2. The van der Waals surface area contributed by atoms with Crippen LogP contribution in [0.3, 0.4) is 0 Å².